The normalized spacial score (nSPS) is 19.6. The first-order valence-electron chi connectivity index (χ1n) is 8.31. The largest absolute Gasteiger partial charge is 0.386 e. The summed E-state index contributed by atoms with van der Waals surface area (Å²) in [6, 6.07) is 27.4. The molecule has 1 heterocycles. The molecule has 5 heteroatoms. The molecule has 130 valence electrons. The molecular formula is C21H17NO3S. The van der Waals surface area contributed by atoms with Crippen LogP contribution in [-0.4, -0.2) is 13.5 Å². The van der Waals surface area contributed by atoms with Crippen molar-refractivity contribution in [3.8, 4) is 0 Å². The lowest BCUT2D eigenvalue weighted by Crippen LogP contribution is -2.23. The number of hydrogen-bond acceptors (Lipinski definition) is 4. The van der Waals surface area contributed by atoms with Crippen molar-refractivity contribution < 1.29 is 13.3 Å². The molecule has 1 aliphatic heterocycles. The summed E-state index contributed by atoms with van der Waals surface area (Å²) < 4.78 is 26.4. The lowest BCUT2D eigenvalue weighted by Gasteiger charge is -2.19. The average Bonchev–Trinajstić information content (AvgIpc) is 3.16. The van der Waals surface area contributed by atoms with Crippen LogP contribution in [0.5, 0.6) is 0 Å². The van der Waals surface area contributed by atoms with E-state index in [1.54, 1.807) is 30.3 Å². The summed E-state index contributed by atoms with van der Waals surface area (Å²) in [5, 5.41) is 4.07. The summed E-state index contributed by atoms with van der Waals surface area (Å²) >= 11 is 0. The summed E-state index contributed by atoms with van der Waals surface area (Å²) in [5.74, 6) is -0.496. The highest BCUT2D eigenvalue weighted by molar-refractivity contribution is 8.06. The maximum absolute atomic E-state index is 13.2. The fraction of sp³-hybridized carbons (Fsp3) is 0.0952. The number of benzene rings is 3. The smallest absolute Gasteiger partial charge is 0.224 e. The van der Waals surface area contributed by atoms with Crippen LogP contribution in [0.4, 0.5) is 0 Å². The summed E-state index contributed by atoms with van der Waals surface area (Å²) in [4.78, 5) is 5.85. The summed E-state index contributed by atoms with van der Waals surface area (Å²) in [5.41, 5.74) is 1.75. The van der Waals surface area contributed by atoms with Crippen LogP contribution in [0.1, 0.15) is 23.1 Å². The van der Waals surface area contributed by atoms with Crippen molar-refractivity contribution in [2.24, 2.45) is 5.16 Å². The van der Waals surface area contributed by atoms with Crippen LogP contribution >= 0.6 is 0 Å². The topological polar surface area (TPSA) is 55.7 Å². The Kier molecular flexibility index (Phi) is 4.31. The fourth-order valence-electron chi connectivity index (χ4n) is 3.17. The van der Waals surface area contributed by atoms with Crippen LogP contribution in [0.2, 0.25) is 0 Å². The first kappa shape index (κ1) is 16.5. The predicted molar refractivity (Wildman–Crippen MR) is 101 cm³/mol. The van der Waals surface area contributed by atoms with Gasteiger partial charge in [-0.25, -0.2) is 8.42 Å². The second kappa shape index (κ2) is 6.77. The highest BCUT2D eigenvalue weighted by Crippen LogP contribution is 2.42. The third-order valence-electron chi connectivity index (χ3n) is 4.44. The molecular weight excluding hydrogens is 346 g/mol. The fourth-order valence-corrected chi connectivity index (χ4v) is 4.66. The molecule has 3 aromatic carbocycles. The van der Waals surface area contributed by atoms with Crippen molar-refractivity contribution in [2.45, 2.75) is 16.9 Å². The molecule has 0 radical (unpaired) electrons. The van der Waals surface area contributed by atoms with Gasteiger partial charge in [0.05, 0.1) is 10.8 Å². The SMILES string of the molecule is O=S(=O)(C1=NO[C@@H](c2ccccc2)[C@H]1c1ccccc1)c1ccccc1. The van der Waals surface area contributed by atoms with Crippen LogP contribution in [0.3, 0.4) is 0 Å². The maximum atomic E-state index is 13.2. The van der Waals surface area contributed by atoms with Crippen LogP contribution in [0.15, 0.2) is 101 Å². The number of rotatable bonds is 3. The van der Waals surface area contributed by atoms with Crippen LogP contribution in [0.25, 0.3) is 0 Å². The minimum absolute atomic E-state index is 0.0451. The number of hydrogen-bond donors (Lipinski definition) is 0. The van der Waals surface area contributed by atoms with Crippen molar-refractivity contribution in [1.82, 2.24) is 0 Å². The molecule has 4 rings (SSSR count). The van der Waals surface area contributed by atoms with E-state index in [4.69, 9.17) is 4.84 Å². The van der Waals surface area contributed by atoms with Gasteiger partial charge in [-0.1, -0.05) is 84.0 Å². The van der Waals surface area contributed by atoms with E-state index in [0.717, 1.165) is 11.1 Å². The number of nitrogens with zero attached hydrogens (tertiary/aromatic N) is 1. The molecule has 1 aliphatic rings. The molecule has 3 aromatic rings. The maximum Gasteiger partial charge on any atom is 0.224 e. The van der Waals surface area contributed by atoms with Crippen molar-refractivity contribution in [3.05, 3.63) is 102 Å². The lowest BCUT2D eigenvalue weighted by molar-refractivity contribution is 0.0763. The highest BCUT2D eigenvalue weighted by Gasteiger charge is 2.43. The Bertz CT molecular complexity index is 1020. The van der Waals surface area contributed by atoms with E-state index in [0.29, 0.717) is 0 Å². The van der Waals surface area contributed by atoms with Crippen molar-refractivity contribution in [3.63, 3.8) is 0 Å². The lowest BCUT2D eigenvalue weighted by atomic mass is 9.90. The third kappa shape index (κ3) is 2.91. The van der Waals surface area contributed by atoms with Crippen molar-refractivity contribution >= 4 is 14.9 Å². The van der Waals surface area contributed by atoms with Gasteiger partial charge in [-0.3, -0.25) is 0 Å². The van der Waals surface area contributed by atoms with E-state index in [1.165, 1.54) is 0 Å². The van der Waals surface area contributed by atoms with E-state index >= 15 is 0 Å². The van der Waals surface area contributed by atoms with Gasteiger partial charge >= 0.3 is 0 Å². The van der Waals surface area contributed by atoms with Gasteiger partial charge in [-0.05, 0) is 23.3 Å². The van der Waals surface area contributed by atoms with E-state index in [1.807, 2.05) is 60.7 Å². The molecule has 2 atom stereocenters. The minimum Gasteiger partial charge on any atom is -0.386 e. The summed E-state index contributed by atoms with van der Waals surface area (Å²) in [7, 11) is -3.75. The Hall–Kier alpha value is -2.92. The van der Waals surface area contributed by atoms with Crippen molar-refractivity contribution in [1.29, 1.82) is 0 Å². The Morgan fingerprint density at radius 1 is 0.692 bits per heavy atom. The molecule has 0 N–H and O–H groups in total. The standard InChI is InChI=1S/C21H17NO3S/c23-26(24,18-14-8-3-9-15-18)21-19(16-10-4-1-5-11-16)20(25-22-21)17-12-6-2-7-13-17/h1-15,19-20H/t19-,20+/m1/s1. The van der Waals surface area contributed by atoms with Gasteiger partial charge in [-0.15, -0.1) is 0 Å². The zero-order valence-electron chi connectivity index (χ0n) is 13.9. The average molecular weight is 363 g/mol. The molecule has 0 spiro atoms. The zero-order valence-corrected chi connectivity index (χ0v) is 14.7. The highest BCUT2D eigenvalue weighted by atomic mass is 32.2. The van der Waals surface area contributed by atoms with E-state index in [-0.39, 0.29) is 9.94 Å². The first-order chi connectivity index (χ1) is 12.7. The van der Waals surface area contributed by atoms with E-state index in [9.17, 15) is 8.42 Å². The Morgan fingerprint density at radius 2 is 1.19 bits per heavy atom. The molecule has 26 heavy (non-hydrogen) atoms. The Balaban J connectivity index is 1.82. The van der Waals surface area contributed by atoms with E-state index < -0.39 is 21.9 Å². The van der Waals surface area contributed by atoms with Gasteiger partial charge < -0.3 is 4.84 Å². The molecule has 0 fully saturated rings. The van der Waals surface area contributed by atoms with Gasteiger partial charge in [0.15, 0.2) is 11.1 Å². The van der Waals surface area contributed by atoms with Crippen LogP contribution < -0.4 is 0 Å². The predicted octanol–water partition coefficient (Wildman–Crippen LogP) is 4.33. The summed E-state index contributed by atoms with van der Waals surface area (Å²) in [6.45, 7) is 0. The Labute approximate surface area is 152 Å². The van der Waals surface area contributed by atoms with Gasteiger partial charge in [0.25, 0.3) is 0 Å². The van der Waals surface area contributed by atoms with Crippen LogP contribution in [0, 0.1) is 0 Å². The third-order valence-corrected chi connectivity index (χ3v) is 6.21. The second-order valence-corrected chi connectivity index (χ2v) is 7.97. The number of oxime groups is 1. The molecule has 0 bridgehead atoms. The molecule has 0 saturated carbocycles. The molecule has 4 nitrogen and oxygen atoms in total. The van der Waals surface area contributed by atoms with E-state index in [2.05, 4.69) is 5.16 Å². The molecule has 0 unspecified atom stereocenters. The van der Waals surface area contributed by atoms with Crippen molar-refractivity contribution in [2.75, 3.05) is 0 Å². The monoisotopic (exact) mass is 363 g/mol. The molecule has 0 aliphatic carbocycles. The molecule has 0 amide bonds. The quantitative estimate of drug-likeness (QED) is 0.696. The van der Waals surface area contributed by atoms with Gasteiger partial charge in [0.1, 0.15) is 0 Å². The van der Waals surface area contributed by atoms with Crippen LogP contribution in [-0.2, 0) is 14.7 Å². The number of sulfone groups is 1. The Morgan fingerprint density at radius 3 is 1.77 bits per heavy atom. The van der Waals surface area contributed by atoms with Gasteiger partial charge in [0, 0.05) is 0 Å². The second-order valence-electron chi connectivity index (χ2n) is 6.07. The zero-order chi connectivity index (χ0) is 18.0. The molecule has 0 saturated heterocycles. The molecule has 0 aromatic heterocycles. The van der Waals surface area contributed by atoms with Gasteiger partial charge in [-0.2, -0.15) is 0 Å². The first-order valence-corrected chi connectivity index (χ1v) is 9.80. The van der Waals surface area contributed by atoms with Gasteiger partial charge in [0.2, 0.25) is 9.84 Å². The minimum atomic E-state index is -3.75. The summed E-state index contributed by atoms with van der Waals surface area (Å²) in [6.07, 6.45) is -0.480.